The third-order valence-electron chi connectivity index (χ3n) is 7.66. The molecule has 13 heteroatoms. The Hall–Kier alpha value is -4.23. The van der Waals surface area contributed by atoms with Crippen LogP contribution in [0.2, 0.25) is 0 Å². The molecular weight excluding hydrogens is 580 g/mol. The molecule has 44 heavy (non-hydrogen) atoms. The second-order valence-corrected chi connectivity index (χ2v) is 14.1. The van der Waals surface area contributed by atoms with Crippen LogP contribution >= 0.6 is 0 Å². The molecule has 3 aromatic rings. The number of carbonyl (C=O) groups is 1. The first-order chi connectivity index (χ1) is 20.5. The Morgan fingerprint density at radius 3 is 2.50 bits per heavy atom. The number of pyridine rings is 1. The molecule has 1 unspecified atom stereocenters. The molecule has 2 heterocycles. The van der Waals surface area contributed by atoms with E-state index in [9.17, 15) is 13.2 Å². The van der Waals surface area contributed by atoms with Crippen LogP contribution in [0.15, 0.2) is 60.0 Å². The van der Waals surface area contributed by atoms with Gasteiger partial charge < -0.3 is 20.7 Å². The van der Waals surface area contributed by atoms with Crippen LogP contribution in [0.4, 0.5) is 11.5 Å². The van der Waals surface area contributed by atoms with Gasteiger partial charge in [0.1, 0.15) is 22.8 Å². The number of benzene rings is 1. The molecule has 0 fully saturated rings. The predicted molar refractivity (Wildman–Crippen MR) is 173 cm³/mol. The van der Waals surface area contributed by atoms with Crippen LogP contribution in [-0.4, -0.2) is 79.8 Å². The summed E-state index contributed by atoms with van der Waals surface area (Å²) in [5.74, 6) is 0.477. The zero-order chi connectivity index (χ0) is 32.4. The summed E-state index contributed by atoms with van der Waals surface area (Å²) in [4.78, 5) is 19.2. The van der Waals surface area contributed by atoms with Gasteiger partial charge in [0.25, 0.3) is 0 Å². The molecule has 1 aliphatic carbocycles. The molecule has 0 saturated carbocycles. The van der Waals surface area contributed by atoms with Gasteiger partial charge in [-0.1, -0.05) is 38.1 Å². The van der Waals surface area contributed by atoms with Gasteiger partial charge >= 0.3 is 0 Å². The summed E-state index contributed by atoms with van der Waals surface area (Å²) in [5, 5.41) is 12.4. The van der Waals surface area contributed by atoms with Gasteiger partial charge in [0, 0.05) is 42.4 Å². The monoisotopic (exact) mass is 622 g/mol. The van der Waals surface area contributed by atoms with Crippen LogP contribution in [-0.2, 0) is 25.8 Å². The van der Waals surface area contributed by atoms with Crippen molar-refractivity contribution in [2.75, 3.05) is 50.6 Å². The van der Waals surface area contributed by atoms with Gasteiger partial charge in [-0.3, -0.25) is 9.52 Å². The van der Waals surface area contributed by atoms with Crippen molar-refractivity contribution in [3.63, 3.8) is 0 Å². The molecule has 1 amide bonds. The number of anilines is 2. The summed E-state index contributed by atoms with van der Waals surface area (Å²) in [6.07, 6.45) is 8.29. The number of amides is 1. The van der Waals surface area contributed by atoms with E-state index in [4.69, 9.17) is 10.5 Å². The molecule has 1 aliphatic rings. The SMILES string of the molecule is COc1c(NS(C)(=O)=O)cc(C(C)(C)C)cc1C1(n2cc(-c3ccc(NCCN(C)C)nc3)nn2)CC(C(N)=O)=CC=C1C. The van der Waals surface area contributed by atoms with Crippen LogP contribution in [0.5, 0.6) is 5.75 Å². The highest BCUT2D eigenvalue weighted by Crippen LogP contribution is 2.49. The first kappa shape index (κ1) is 32.7. The van der Waals surface area contributed by atoms with Gasteiger partial charge in [0.05, 0.1) is 25.2 Å². The van der Waals surface area contributed by atoms with Crippen molar-refractivity contribution in [2.45, 2.75) is 45.1 Å². The molecule has 12 nitrogen and oxygen atoms in total. The minimum absolute atomic E-state index is 0.142. The highest BCUT2D eigenvalue weighted by Gasteiger charge is 2.44. The van der Waals surface area contributed by atoms with E-state index in [1.807, 2.05) is 66.1 Å². The number of carbonyl (C=O) groups excluding carboxylic acids is 1. The van der Waals surface area contributed by atoms with Crippen molar-refractivity contribution in [2.24, 2.45) is 5.73 Å². The van der Waals surface area contributed by atoms with E-state index < -0.39 is 21.5 Å². The molecule has 0 saturated heterocycles. The van der Waals surface area contributed by atoms with Crippen LogP contribution in [0.25, 0.3) is 11.3 Å². The van der Waals surface area contributed by atoms with E-state index in [-0.39, 0.29) is 17.5 Å². The highest BCUT2D eigenvalue weighted by molar-refractivity contribution is 7.92. The molecular formula is C31H42N8O4S. The number of nitrogens with one attached hydrogen (secondary N) is 2. The van der Waals surface area contributed by atoms with Gasteiger partial charge in [-0.15, -0.1) is 5.10 Å². The zero-order valence-electron chi connectivity index (χ0n) is 26.6. The summed E-state index contributed by atoms with van der Waals surface area (Å²) in [6, 6.07) is 7.55. The summed E-state index contributed by atoms with van der Waals surface area (Å²) in [6.45, 7) is 9.66. The Labute approximate surface area is 259 Å². The summed E-state index contributed by atoms with van der Waals surface area (Å²) < 4.78 is 35.2. The van der Waals surface area contributed by atoms with Gasteiger partial charge in [0.15, 0.2) is 0 Å². The number of aromatic nitrogens is 4. The van der Waals surface area contributed by atoms with Crippen LogP contribution in [0.3, 0.4) is 0 Å². The molecule has 0 bridgehead atoms. The summed E-state index contributed by atoms with van der Waals surface area (Å²) >= 11 is 0. The minimum Gasteiger partial charge on any atom is -0.494 e. The van der Waals surface area contributed by atoms with Gasteiger partial charge in [-0.25, -0.2) is 18.1 Å². The van der Waals surface area contributed by atoms with E-state index in [1.54, 1.807) is 29.2 Å². The predicted octanol–water partition coefficient (Wildman–Crippen LogP) is 3.50. The number of allylic oxidation sites excluding steroid dienone is 3. The fraction of sp³-hybridized carbons (Fsp3) is 0.419. The van der Waals surface area contributed by atoms with Crippen molar-refractivity contribution in [3.05, 3.63) is 71.1 Å². The lowest BCUT2D eigenvalue weighted by Gasteiger charge is -2.39. The number of primary amides is 1. The van der Waals surface area contributed by atoms with Crippen molar-refractivity contribution in [1.29, 1.82) is 0 Å². The highest BCUT2D eigenvalue weighted by atomic mass is 32.2. The normalized spacial score (nSPS) is 17.2. The Morgan fingerprint density at radius 1 is 1.20 bits per heavy atom. The second-order valence-electron chi connectivity index (χ2n) is 12.4. The standard InChI is InChI=1S/C31H42N8O4S/c1-20-9-10-21(29(32)40)17-31(20,24-15-23(30(2,3)4)16-25(28(24)43-7)36-44(8,41)42)39-19-26(35-37-39)22-11-12-27(34-18-22)33-13-14-38(5)6/h9-12,15-16,18-19,36H,13-14,17H2,1-8H3,(H2,32,40)(H,33,34). The number of sulfonamides is 1. The van der Waals surface area contributed by atoms with E-state index in [2.05, 4.69) is 30.2 Å². The third-order valence-corrected chi connectivity index (χ3v) is 8.25. The number of hydrogen-bond donors (Lipinski definition) is 3. The molecule has 1 aromatic carbocycles. The largest absolute Gasteiger partial charge is 0.494 e. The average molecular weight is 623 g/mol. The lowest BCUT2D eigenvalue weighted by Crippen LogP contribution is -2.41. The Kier molecular flexibility index (Phi) is 9.21. The van der Waals surface area contributed by atoms with Crippen molar-refractivity contribution in [1.82, 2.24) is 24.9 Å². The smallest absolute Gasteiger partial charge is 0.244 e. The molecule has 4 N–H and O–H groups in total. The molecule has 0 aliphatic heterocycles. The lowest BCUT2D eigenvalue weighted by atomic mass is 9.72. The second kappa shape index (κ2) is 12.4. The van der Waals surface area contributed by atoms with E-state index >= 15 is 0 Å². The molecule has 236 valence electrons. The third kappa shape index (κ3) is 6.94. The molecule has 4 rings (SSSR count). The number of likely N-dealkylation sites (N-methyl/N-ethyl adjacent to an activating group) is 1. The first-order valence-corrected chi connectivity index (χ1v) is 16.1. The fourth-order valence-corrected chi connectivity index (χ4v) is 5.76. The number of nitrogens with zero attached hydrogens (tertiary/aromatic N) is 5. The maximum absolute atomic E-state index is 12.6. The number of nitrogens with two attached hydrogens (primary N) is 1. The molecule has 0 spiro atoms. The maximum atomic E-state index is 12.6. The van der Waals surface area contributed by atoms with Crippen molar-refractivity contribution < 1.29 is 17.9 Å². The Balaban J connectivity index is 1.91. The van der Waals surface area contributed by atoms with Crippen LogP contribution in [0, 0.1) is 0 Å². The number of ether oxygens (including phenoxy) is 1. The van der Waals surface area contributed by atoms with E-state index in [1.165, 1.54) is 7.11 Å². The fourth-order valence-electron chi connectivity index (χ4n) is 5.20. The van der Waals surface area contributed by atoms with Crippen molar-refractivity contribution in [3.8, 4) is 17.0 Å². The van der Waals surface area contributed by atoms with Gasteiger partial charge in [-0.2, -0.15) is 0 Å². The van der Waals surface area contributed by atoms with Gasteiger partial charge in [-0.05, 0) is 61.8 Å². The summed E-state index contributed by atoms with van der Waals surface area (Å²) in [5.41, 5.74) is 8.57. The number of hydrogen-bond acceptors (Lipinski definition) is 9. The Morgan fingerprint density at radius 2 is 1.93 bits per heavy atom. The number of methoxy groups -OCH3 is 1. The Bertz CT molecular complexity index is 1700. The van der Waals surface area contributed by atoms with Crippen molar-refractivity contribution >= 4 is 27.4 Å². The van der Waals surface area contributed by atoms with E-state index in [0.717, 1.165) is 41.9 Å². The van der Waals surface area contributed by atoms with E-state index in [0.29, 0.717) is 22.6 Å². The van der Waals surface area contributed by atoms with Crippen LogP contribution < -0.4 is 20.5 Å². The van der Waals surface area contributed by atoms with Gasteiger partial charge in [0.2, 0.25) is 15.9 Å². The molecule has 2 aromatic heterocycles. The summed E-state index contributed by atoms with van der Waals surface area (Å²) in [7, 11) is 1.84. The quantitative estimate of drug-likeness (QED) is 0.291. The molecule has 0 radical (unpaired) electrons. The maximum Gasteiger partial charge on any atom is 0.244 e. The van der Waals surface area contributed by atoms with Crippen LogP contribution in [0.1, 0.15) is 45.2 Å². The first-order valence-electron chi connectivity index (χ1n) is 14.2. The zero-order valence-corrected chi connectivity index (χ0v) is 27.4. The minimum atomic E-state index is -3.67. The average Bonchev–Trinajstić information content (AvgIpc) is 3.42. The lowest BCUT2D eigenvalue weighted by molar-refractivity contribution is -0.114. The number of rotatable bonds is 11. The topological polar surface area (TPSA) is 157 Å². The molecule has 1 atom stereocenters.